The summed E-state index contributed by atoms with van der Waals surface area (Å²) in [7, 11) is 0. The van der Waals surface area contributed by atoms with Crippen LogP contribution in [0.5, 0.6) is 0 Å². The van der Waals surface area contributed by atoms with Crippen molar-refractivity contribution >= 4 is 39.1 Å². The molecule has 0 amide bonds. The Morgan fingerprint density at radius 1 is 1.09 bits per heavy atom. The third-order valence-electron chi connectivity index (χ3n) is 3.11. The second-order valence-electron chi connectivity index (χ2n) is 4.86. The van der Waals surface area contributed by atoms with Crippen LogP contribution in [0.4, 0.5) is 27.5 Å². The van der Waals surface area contributed by atoms with Gasteiger partial charge in [0.2, 0.25) is 5.95 Å². The van der Waals surface area contributed by atoms with Crippen molar-refractivity contribution in [3.8, 4) is 0 Å². The number of nitrogens with zero attached hydrogens (tertiary/aromatic N) is 3. The minimum Gasteiger partial charge on any atom is -0.336 e. The average molecular weight is 374 g/mol. The Labute approximate surface area is 141 Å². The van der Waals surface area contributed by atoms with Crippen molar-refractivity contribution in [1.82, 2.24) is 15.2 Å². The van der Waals surface area contributed by atoms with Gasteiger partial charge in [-0.2, -0.15) is 10.1 Å². The minimum absolute atomic E-state index is 0.327. The quantitative estimate of drug-likeness (QED) is 0.701. The van der Waals surface area contributed by atoms with Crippen LogP contribution in [0.3, 0.4) is 0 Å². The van der Waals surface area contributed by atoms with Gasteiger partial charge in [0.1, 0.15) is 5.82 Å². The molecule has 7 heteroatoms. The molecule has 23 heavy (non-hydrogen) atoms. The molecule has 0 bridgehead atoms. The third kappa shape index (κ3) is 3.81. The van der Waals surface area contributed by atoms with Crippen LogP contribution in [-0.2, 0) is 0 Å². The molecule has 0 saturated heterocycles. The lowest BCUT2D eigenvalue weighted by molar-refractivity contribution is 0.632. The molecule has 0 aliphatic rings. The summed E-state index contributed by atoms with van der Waals surface area (Å²) in [5.41, 5.74) is 2.26. The van der Waals surface area contributed by atoms with Crippen molar-refractivity contribution in [2.75, 3.05) is 10.6 Å². The largest absolute Gasteiger partial charge is 0.336 e. The van der Waals surface area contributed by atoms with Crippen molar-refractivity contribution in [3.63, 3.8) is 0 Å². The highest BCUT2D eigenvalue weighted by molar-refractivity contribution is 9.10. The lowest BCUT2D eigenvalue weighted by Gasteiger charge is -2.09. The van der Waals surface area contributed by atoms with Gasteiger partial charge < -0.3 is 10.6 Å². The fraction of sp³-hybridized carbons (Fsp3) is 0.0625. The summed E-state index contributed by atoms with van der Waals surface area (Å²) in [6.07, 6.45) is 1.43. The summed E-state index contributed by atoms with van der Waals surface area (Å²) >= 11 is 3.45. The Balaban J connectivity index is 1.79. The van der Waals surface area contributed by atoms with Crippen molar-refractivity contribution < 1.29 is 4.39 Å². The smallest absolute Gasteiger partial charge is 0.249 e. The van der Waals surface area contributed by atoms with E-state index in [2.05, 4.69) is 41.7 Å². The first kappa shape index (κ1) is 15.4. The molecule has 0 aliphatic carbocycles. The molecule has 0 spiro atoms. The van der Waals surface area contributed by atoms with E-state index < -0.39 is 0 Å². The first-order valence-corrected chi connectivity index (χ1v) is 7.65. The highest BCUT2D eigenvalue weighted by atomic mass is 79.9. The lowest BCUT2D eigenvalue weighted by atomic mass is 10.2. The van der Waals surface area contributed by atoms with Crippen LogP contribution < -0.4 is 10.6 Å². The molecular weight excluding hydrogens is 361 g/mol. The number of rotatable bonds is 4. The zero-order valence-corrected chi connectivity index (χ0v) is 13.8. The van der Waals surface area contributed by atoms with Gasteiger partial charge in [-0.25, -0.2) is 4.39 Å². The van der Waals surface area contributed by atoms with E-state index in [9.17, 15) is 4.39 Å². The van der Waals surface area contributed by atoms with Gasteiger partial charge in [0, 0.05) is 10.2 Å². The molecule has 2 N–H and O–H groups in total. The maximum Gasteiger partial charge on any atom is 0.249 e. The van der Waals surface area contributed by atoms with Gasteiger partial charge in [0.05, 0.1) is 11.9 Å². The Bertz CT molecular complexity index is 840. The standard InChI is InChI=1S/C16H13BrFN5/c1-10-8-11(6-7-12(10)17)20-16-22-15(9-19-23-16)21-14-5-3-2-4-13(14)18/h2-9H,1H3,(H2,20,21,22,23). The van der Waals surface area contributed by atoms with E-state index in [0.29, 0.717) is 17.5 Å². The van der Waals surface area contributed by atoms with Crippen molar-refractivity contribution in [2.24, 2.45) is 0 Å². The predicted molar refractivity (Wildman–Crippen MR) is 91.7 cm³/mol. The number of anilines is 4. The summed E-state index contributed by atoms with van der Waals surface area (Å²) in [6, 6.07) is 12.2. The van der Waals surface area contributed by atoms with Crippen molar-refractivity contribution in [3.05, 3.63) is 64.5 Å². The topological polar surface area (TPSA) is 62.7 Å². The maximum absolute atomic E-state index is 13.7. The van der Waals surface area contributed by atoms with Gasteiger partial charge in [-0.1, -0.05) is 28.1 Å². The molecule has 0 aliphatic heterocycles. The van der Waals surface area contributed by atoms with Crippen LogP contribution in [-0.4, -0.2) is 15.2 Å². The van der Waals surface area contributed by atoms with Crippen molar-refractivity contribution in [2.45, 2.75) is 6.92 Å². The maximum atomic E-state index is 13.7. The molecule has 0 fully saturated rings. The number of hydrogen-bond donors (Lipinski definition) is 2. The number of benzene rings is 2. The van der Waals surface area contributed by atoms with E-state index in [1.807, 2.05) is 25.1 Å². The van der Waals surface area contributed by atoms with Gasteiger partial charge in [0.15, 0.2) is 5.82 Å². The van der Waals surface area contributed by atoms with E-state index in [4.69, 9.17) is 0 Å². The molecule has 116 valence electrons. The summed E-state index contributed by atoms with van der Waals surface area (Å²) in [5, 5.41) is 13.8. The Kier molecular flexibility index (Phi) is 4.47. The molecule has 0 atom stereocenters. The Morgan fingerprint density at radius 3 is 2.70 bits per heavy atom. The van der Waals surface area contributed by atoms with E-state index in [1.165, 1.54) is 12.3 Å². The summed E-state index contributed by atoms with van der Waals surface area (Å²) < 4.78 is 14.7. The summed E-state index contributed by atoms with van der Waals surface area (Å²) in [4.78, 5) is 4.28. The van der Waals surface area contributed by atoms with Gasteiger partial charge in [-0.05, 0) is 42.8 Å². The zero-order chi connectivity index (χ0) is 16.2. The highest BCUT2D eigenvalue weighted by Crippen LogP contribution is 2.22. The van der Waals surface area contributed by atoms with Gasteiger partial charge in [0.25, 0.3) is 0 Å². The van der Waals surface area contributed by atoms with Crippen LogP contribution >= 0.6 is 15.9 Å². The molecule has 1 heterocycles. The van der Waals surface area contributed by atoms with E-state index >= 15 is 0 Å². The lowest BCUT2D eigenvalue weighted by Crippen LogP contribution is -2.03. The number of aromatic nitrogens is 3. The van der Waals surface area contributed by atoms with Crippen molar-refractivity contribution in [1.29, 1.82) is 0 Å². The average Bonchev–Trinajstić information content (AvgIpc) is 2.54. The van der Waals surface area contributed by atoms with E-state index in [1.54, 1.807) is 18.2 Å². The normalized spacial score (nSPS) is 10.4. The van der Waals surface area contributed by atoms with E-state index in [-0.39, 0.29) is 5.82 Å². The SMILES string of the molecule is Cc1cc(Nc2nncc(Nc3ccccc3F)n2)ccc1Br. The molecule has 3 rings (SSSR count). The number of nitrogens with one attached hydrogen (secondary N) is 2. The third-order valence-corrected chi connectivity index (χ3v) is 4.00. The van der Waals surface area contributed by atoms with Gasteiger partial charge in [-0.15, -0.1) is 5.10 Å². The summed E-state index contributed by atoms with van der Waals surface area (Å²) in [6.45, 7) is 1.99. The molecule has 1 aromatic heterocycles. The second kappa shape index (κ2) is 6.70. The van der Waals surface area contributed by atoms with Crippen LogP contribution in [0, 0.1) is 12.7 Å². The van der Waals surface area contributed by atoms with Crippen LogP contribution in [0.25, 0.3) is 0 Å². The van der Waals surface area contributed by atoms with Crippen LogP contribution in [0.2, 0.25) is 0 Å². The zero-order valence-electron chi connectivity index (χ0n) is 12.2. The van der Waals surface area contributed by atoms with Crippen LogP contribution in [0.1, 0.15) is 5.56 Å². The fourth-order valence-corrected chi connectivity index (χ4v) is 2.22. The highest BCUT2D eigenvalue weighted by Gasteiger charge is 2.05. The number of para-hydroxylation sites is 1. The predicted octanol–water partition coefficient (Wildman–Crippen LogP) is 4.57. The van der Waals surface area contributed by atoms with Gasteiger partial charge in [-0.3, -0.25) is 0 Å². The molecular formula is C16H13BrFN5. The Morgan fingerprint density at radius 2 is 1.91 bits per heavy atom. The number of halogens is 2. The summed E-state index contributed by atoms with van der Waals surface area (Å²) in [5.74, 6) is 0.374. The molecule has 0 unspecified atom stereocenters. The minimum atomic E-state index is -0.357. The number of hydrogen-bond acceptors (Lipinski definition) is 5. The van der Waals surface area contributed by atoms with E-state index in [0.717, 1.165) is 15.7 Å². The molecule has 0 saturated carbocycles. The molecule has 3 aromatic rings. The monoisotopic (exact) mass is 373 g/mol. The molecule has 5 nitrogen and oxygen atoms in total. The molecule has 0 radical (unpaired) electrons. The van der Waals surface area contributed by atoms with Gasteiger partial charge >= 0.3 is 0 Å². The Hall–Kier alpha value is -2.54. The number of aryl methyl sites for hydroxylation is 1. The fourth-order valence-electron chi connectivity index (χ4n) is 1.97. The molecule has 2 aromatic carbocycles. The van der Waals surface area contributed by atoms with Crippen LogP contribution in [0.15, 0.2) is 53.1 Å². The first-order chi connectivity index (χ1) is 11.1. The second-order valence-corrected chi connectivity index (χ2v) is 5.71. The first-order valence-electron chi connectivity index (χ1n) is 6.86.